The summed E-state index contributed by atoms with van der Waals surface area (Å²) >= 11 is 3.63. The molecule has 0 saturated heterocycles. The van der Waals surface area contributed by atoms with Crippen molar-refractivity contribution < 1.29 is 0 Å². The van der Waals surface area contributed by atoms with E-state index in [0.717, 1.165) is 23.9 Å². The largest absolute Gasteiger partial charge is 0.383 e. The maximum absolute atomic E-state index is 12.0. The smallest absolute Gasteiger partial charge is 0.354 e. The molecule has 2 aromatic rings. The predicted octanol–water partition coefficient (Wildman–Crippen LogP) is 4.17. The van der Waals surface area contributed by atoms with Gasteiger partial charge < -0.3 is 5.73 Å². The number of allylic oxidation sites excluding steroid dienone is 2. The van der Waals surface area contributed by atoms with Crippen LogP contribution in [-0.4, -0.2) is 14.9 Å². The molecular formula is C19H22BrN3O. The second kappa shape index (κ2) is 6.55. The summed E-state index contributed by atoms with van der Waals surface area (Å²) in [7, 11) is 0. The van der Waals surface area contributed by atoms with Crippen molar-refractivity contribution in [2.45, 2.75) is 33.1 Å². The highest BCUT2D eigenvalue weighted by Gasteiger charge is 2.27. The van der Waals surface area contributed by atoms with E-state index in [-0.39, 0.29) is 11.5 Å². The summed E-state index contributed by atoms with van der Waals surface area (Å²) in [5.74, 6) is 0.240. The molecule has 0 aliphatic heterocycles. The van der Waals surface area contributed by atoms with E-state index in [4.69, 9.17) is 5.73 Å². The van der Waals surface area contributed by atoms with Crippen LogP contribution < -0.4 is 11.4 Å². The second-order valence-electron chi connectivity index (χ2n) is 7.11. The van der Waals surface area contributed by atoms with Crippen molar-refractivity contribution in [2.75, 3.05) is 11.1 Å². The first-order valence-electron chi connectivity index (χ1n) is 8.12. The number of nitrogens with zero attached hydrogens (tertiary/aromatic N) is 2. The lowest BCUT2D eigenvalue weighted by Crippen LogP contribution is -2.21. The first-order valence-corrected chi connectivity index (χ1v) is 9.25. The third kappa shape index (κ3) is 3.46. The molecule has 0 spiro atoms. The number of anilines is 1. The fourth-order valence-electron chi connectivity index (χ4n) is 3.22. The maximum Gasteiger partial charge on any atom is 0.354 e. The Morgan fingerprint density at radius 1 is 1.25 bits per heavy atom. The molecule has 1 aliphatic carbocycles. The molecule has 24 heavy (non-hydrogen) atoms. The molecule has 2 N–H and O–H groups in total. The first kappa shape index (κ1) is 17.0. The van der Waals surface area contributed by atoms with Crippen LogP contribution in [-0.2, 0) is 0 Å². The third-order valence-electron chi connectivity index (χ3n) is 4.67. The van der Waals surface area contributed by atoms with Gasteiger partial charge in [-0.05, 0) is 54.0 Å². The summed E-state index contributed by atoms with van der Waals surface area (Å²) < 4.78 is 1.50. The maximum atomic E-state index is 12.0. The molecule has 5 heteroatoms. The fraction of sp³-hybridized carbons (Fsp3) is 0.368. The van der Waals surface area contributed by atoms with Crippen molar-refractivity contribution in [3.05, 3.63) is 58.1 Å². The molecule has 0 fully saturated rings. The van der Waals surface area contributed by atoms with Crippen molar-refractivity contribution in [1.82, 2.24) is 9.55 Å². The van der Waals surface area contributed by atoms with Crippen molar-refractivity contribution >= 4 is 27.3 Å². The Labute approximate surface area is 150 Å². The van der Waals surface area contributed by atoms with Gasteiger partial charge in [0, 0.05) is 11.5 Å². The van der Waals surface area contributed by atoms with Gasteiger partial charge in [-0.25, -0.2) is 4.79 Å². The normalized spacial score (nSPS) is 17.1. The summed E-state index contributed by atoms with van der Waals surface area (Å²) in [6.45, 7) is 4.65. The van der Waals surface area contributed by atoms with Gasteiger partial charge in [0.05, 0.1) is 5.69 Å². The lowest BCUT2D eigenvalue weighted by molar-refractivity contribution is 0.332. The molecule has 0 atom stereocenters. The summed E-state index contributed by atoms with van der Waals surface area (Å²) in [6.07, 6.45) is 5.10. The van der Waals surface area contributed by atoms with Crippen LogP contribution in [0.5, 0.6) is 0 Å². The molecule has 1 aromatic heterocycles. The summed E-state index contributed by atoms with van der Waals surface area (Å²) in [5, 5.41) is 0.918. The molecule has 0 bridgehead atoms. The molecule has 0 saturated carbocycles. The Hall–Kier alpha value is -1.88. The molecule has 4 nitrogen and oxygen atoms in total. The highest BCUT2D eigenvalue weighted by molar-refractivity contribution is 9.09. The first-order chi connectivity index (χ1) is 11.4. The molecule has 126 valence electrons. The minimum absolute atomic E-state index is 0.240. The summed E-state index contributed by atoms with van der Waals surface area (Å²) in [4.78, 5) is 15.7. The van der Waals surface area contributed by atoms with Gasteiger partial charge >= 0.3 is 5.69 Å². The van der Waals surface area contributed by atoms with Crippen LogP contribution in [0.4, 0.5) is 5.82 Å². The number of aromatic nitrogens is 2. The van der Waals surface area contributed by atoms with Crippen molar-refractivity contribution in [3.8, 4) is 5.69 Å². The fourth-order valence-corrected chi connectivity index (χ4v) is 3.84. The Kier molecular flexibility index (Phi) is 4.63. The Bertz CT molecular complexity index is 834. The van der Waals surface area contributed by atoms with Crippen LogP contribution in [0, 0.1) is 5.41 Å². The van der Waals surface area contributed by atoms with Crippen LogP contribution >= 0.6 is 15.9 Å². The molecule has 1 heterocycles. The van der Waals surface area contributed by atoms with Crippen LogP contribution in [0.15, 0.2) is 46.9 Å². The summed E-state index contributed by atoms with van der Waals surface area (Å²) in [5.41, 5.74) is 10.5. The summed E-state index contributed by atoms with van der Waals surface area (Å²) in [6, 6.07) is 9.75. The topological polar surface area (TPSA) is 60.9 Å². The molecule has 0 radical (unpaired) electrons. The van der Waals surface area contributed by atoms with E-state index in [1.165, 1.54) is 27.7 Å². The number of benzene rings is 1. The zero-order valence-corrected chi connectivity index (χ0v) is 15.6. The molecule has 3 rings (SSSR count). The average Bonchev–Trinajstić information content (AvgIpc) is 2.54. The number of rotatable bonds is 3. The zero-order chi connectivity index (χ0) is 17.3. The van der Waals surface area contributed by atoms with E-state index in [1.807, 2.05) is 12.1 Å². The van der Waals surface area contributed by atoms with Crippen molar-refractivity contribution in [2.24, 2.45) is 5.41 Å². The van der Waals surface area contributed by atoms with Gasteiger partial charge in [0.15, 0.2) is 0 Å². The molecular weight excluding hydrogens is 366 g/mol. The molecule has 0 unspecified atom stereocenters. The average molecular weight is 388 g/mol. The number of alkyl halides is 1. The number of nitrogens with two attached hydrogens (primary N) is 1. The Morgan fingerprint density at radius 2 is 1.96 bits per heavy atom. The van der Waals surface area contributed by atoms with Crippen molar-refractivity contribution in [1.29, 1.82) is 0 Å². The van der Waals surface area contributed by atoms with E-state index >= 15 is 0 Å². The van der Waals surface area contributed by atoms with Crippen LogP contribution in [0.2, 0.25) is 0 Å². The van der Waals surface area contributed by atoms with Crippen LogP contribution in [0.25, 0.3) is 11.3 Å². The van der Waals surface area contributed by atoms with Gasteiger partial charge in [0.1, 0.15) is 5.82 Å². The lowest BCUT2D eigenvalue weighted by atomic mass is 9.73. The van der Waals surface area contributed by atoms with Gasteiger partial charge in [-0.15, -0.1) is 0 Å². The van der Waals surface area contributed by atoms with E-state index < -0.39 is 0 Å². The SMILES string of the molecule is CC1(C)CCC(CBr)=C(c2ccc(-n3ccc(N)nc3=O)cc2)C1. The zero-order valence-electron chi connectivity index (χ0n) is 14.1. The van der Waals surface area contributed by atoms with E-state index in [2.05, 4.69) is 46.9 Å². The second-order valence-corrected chi connectivity index (χ2v) is 7.67. The molecule has 1 aromatic carbocycles. The van der Waals surface area contributed by atoms with Gasteiger partial charge in [0.25, 0.3) is 0 Å². The van der Waals surface area contributed by atoms with Crippen LogP contribution in [0.1, 0.15) is 38.7 Å². The van der Waals surface area contributed by atoms with Gasteiger partial charge in [-0.1, -0.05) is 47.5 Å². The van der Waals surface area contributed by atoms with Gasteiger partial charge in [-0.3, -0.25) is 4.57 Å². The Morgan fingerprint density at radius 3 is 2.58 bits per heavy atom. The van der Waals surface area contributed by atoms with Crippen LogP contribution in [0.3, 0.4) is 0 Å². The van der Waals surface area contributed by atoms with Gasteiger partial charge in [-0.2, -0.15) is 4.98 Å². The van der Waals surface area contributed by atoms with E-state index in [1.54, 1.807) is 12.3 Å². The highest BCUT2D eigenvalue weighted by atomic mass is 79.9. The number of nitrogen functional groups attached to an aromatic ring is 1. The number of halogens is 1. The highest BCUT2D eigenvalue weighted by Crippen LogP contribution is 2.43. The molecule has 1 aliphatic rings. The minimum atomic E-state index is -0.359. The molecule has 0 amide bonds. The van der Waals surface area contributed by atoms with E-state index in [0.29, 0.717) is 5.41 Å². The van der Waals surface area contributed by atoms with Crippen molar-refractivity contribution in [3.63, 3.8) is 0 Å². The predicted molar refractivity (Wildman–Crippen MR) is 103 cm³/mol. The van der Waals surface area contributed by atoms with E-state index in [9.17, 15) is 4.79 Å². The third-order valence-corrected chi connectivity index (χ3v) is 5.34. The Balaban J connectivity index is 1.97. The standard InChI is InChI=1S/C19H22BrN3O/c1-19(2)9-7-14(12-20)16(11-19)13-3-5-15(6-4-13)23-10-8-17(21)22-18(23)24/h3-6,8,10H,7,9,11-12H2,1-2H3,(H2,21,22,24). The minimum Gasteiger partial charge on any atom is -0.383 e. The van der Waals surface area contributed by atoms with Gasteiger partial charge in [0.2, 0.25) is 0 Å². The number of hydrogen-bond acceptors (Lipinski definition) is 3. The number of hydrogen-bond donors (Lipinski definition) is 1. The lowest BCUT2D eigenvalue weighted by Gasteiger charge is -2.33. The quantitative estimate of drug-likeness (QED) is 0.803. The monoisotopic (exact) mass is 387 g/mol.